The molecule has 6 nitrogen and oxygen atoms in total. The van der Waals surface area contributed by atoms with E-state index in [1.807, 2.05) is 0 Å². The van der Waals surface area contributed by atoms with Gasteiger partial charge in [0.25, 0.3) is 0 Å². The Hall–Kier alpha value is -3.00. The van der Waals surface area contributed by atoms with E-state index in [1.165, 1.54) is 36.4 Å². The molecule has 0 aliphatic heterocycles. The van der Waals surface area contributed by atoms with E-state index in [1.54, 1.807) is 19.9 Å². The highest BCUT2D eigenvalue weighted by molar-refractivity contribution is 7.90. The van der Waals surface area contributed by atoms with E-state index in [4.69, 9.17) is 4.74 Å². The van der Waals surface area contributed by atoms with Crippen molar-refractivity contribution in [2.45, 2.75) is 25.2 Å². The van der Waals surface area contributed by atoms with Crippen LogP contribution in [0.1, 0.15) is 30.0 Å². The van der Waals surface area contributed by atoms with E-state index in [0.717, 1.165) is 6.26 Å². The Morgan fingerprint density at radius 1 is 1.07 bits per heavy atom. The molecule has 0 aliphatic carbocycles. The van der Waals surface area contributed by atoms with Crippen molar-refractivity contribution < 1.29 is 32.2 Å². The average molecular weight is 420 g/mol. The number of aryl methyl sites for hydroxylation is 1. The van der Waals surface area contributed by atoms with Crippen molar-refractivity contribution in [3.8, 4) is 0 Å². The smallest absolute Gasteiger partial charge is 0.335 e. The molecule has 2 aromatic carbocycles. The zero-order valence-corrected chi connectivity index (χ0v) is 17.0. The minimum Gasteiger partial charge on any atom is -0.481 e. The van der Waals surface area contributed by atoms with E-state index in [9.17, 15) is 27.5 Å². The van der Waals surface area contributed by atoms with Gasteiger partial charge in [-0.1, -0.05) is 24.3 Å². The maximum absolute atomic E-state index is 14.2. The van der Waals surface area contributed by atoms with Crippen LogP contribution in [-0.2, 0) is 24.2 Å². The van der Waals surface area contributed by atoms with Gasteiger partial charge in [-0.3, -0.25) is 4.79 Å². The summed E-state index contributed by atoms with van der Waals surface area (Å²) in [4.78, 5) is 24.0. The number of sulfone groups is 1. The molecule has 1 N–H and O–H groups in total. The molecule has 0 aromatic heterocycles. The van der Waals surface area contributed by atoms with E-state index in [2.05, 4.69) is 0 Å². The lowest BCUT2D eigenvalue weighted by molar-refractivity contribution is -0.142. The molecule has 8 heteroatoms. The fourth-order valence-corrected chi connectivity index (χ4v) is 3.39. The van der Waals surface area contributed by atoms with Crippen molar-refractivity contribution >= 4 is 27.3 Å². The lowest BCUT2D eigenvalue weighted by atomic mass is 9.91. The number of carboxylic acid groups (broad SMARTS) is 1. The molecule has 154 valence electrons. The second-order valence-electron chi connectivity index (χ2n) is 6.41. The molecule has 0 atom stereocenters. The topological polar surface area (TPSA) is 97.7 Å². The molecule has 0 saturated carbocycles. The maximum atomic E-state index is 14.2. The van der Waals surface area contributed by atoms with Crippen molar-refractivity contribution in [1.82, 2.24) is 0 Å². The molecule has 0 saturated heterocycles. The summed E-state index contributed by atoms with van der Waals surface area (Å²) in [6.07, 6.45) is 0.417. The van der Waals surface area contributed by atoms with Gasteiger partial charge in [0.15, 0.2) is 9.84 Å². The number of carboxylic acids is 1. The first-order chi connectivity index (χ1) is 13.5. The number of carbonyl (C=O) groups excluding carboxylic acids is 1. The number of aliphatic carboxylic acids is 1. The van der Waals surface area contributed by atoms with Gasteiger partial charge in [0, 0.05) is 11.8 Å². The van der Waals surface area contributed by atoms with Crippen molar-refractivity contribution in [3.05, 3.63) is 70.5 Å². The number of hydrogen-bond donors (Lipinski definition) is 1. The minimum atomic E-state index is -3.45. The molecule has 0 amide bonds. The molecule has 2 aromatic rings. The monoisotopic (exact) mass is 420 g/mol. The lowest BCUT2D eigenvalue weighted by Gasteiger charge is -2.16. The van der Waals surface area contributed by atoms with E-state index < -0.39 is 34.0 Å². The van der Waals surface area contributed by atoms with Crippen LogP contribution in [0.3, 0.4) is 0 Å². The van der Waals surface area contributed by atoms with Crippen LogP contribution in [0.5, 0.6) is 0 Å². The largest absolute Gasteiger partial charge is 0.481 e. The SMILES string of the molecule is CCOC(=O)/C(CC(=O)O)=C(/c1ccc(S(C)(=O)=O)cc1)c1ccc(C)c(F)c1. The highest BCUT2D eigenvalue weighted by atomic mass is 32.2. The highest BCUT2D eigenvalue weighted by Crippen LogP contribution is 2.31. The van der Waals surface area contributed by atoms with Crippen LogP contribution in [0.15, 0.2) is 52.9 Å². The van der Waals surface area contributed by atoms with E-state index >= 15 is 0 Å². The average Bonchev–Trinajstić information content (AvgIpc) is 2.63. The third-order valence-electron chi connectivity index (χ3n) is 4.18. The summed E-state index contributed by atoms with van der Waals surface area (Å²) in [6.45, 7) is 3.19. The van der Waals surface area contributed by atoms with Gasteiger partial charge in [0.2, 0.25) is 0 Å². The number of ether oxygens (including phenoxy) is 1. The van der Waals surface area contributed by atoms with Crippen LogP contribution in [0, 0.1) is 12.7 Å². The number of esters is 1. The lowest BCUT2D eigenvalue weighted by Crippen LogP contribution is -2.14. The summed E-state index contributed by atoms with van der Waals surface area (Å²) in [7, 11) is -3.45. The number of hydrogen-bond acceptors (Lipinski definition) is 5. The summed E-state index contributed by atoms with van der Waals surface area (Å²) in [5.41, 5.74) is 1.05. The number of carbonyl (C=O) groups is 2. The molecule has 0 fully saturated rings. The van der Waals surface area contributed by atoms with Crippen molar-refractivity contribution in [2.24, 2.45) is 0 Å². The molecule has 0 heterocycles. The van der Waals surface area contributed by atoms with Gasteiger partial charge in [-0.05, 0) is 48.7 Å². The Kier molecular flexibility index (Phi) is 6.92. The number of rotatable bonds is 7. The van der Waals surface area contributed by atoms with Gasteiger partial charge in [0.05, 0.1) is 23.5 Å². The molecule has 0 spiro atoms. The van der Waals surface area contributed by atoms with Crippen LogP contribution in [0.2, 0.25) is 0 Å². The summed E-state index contributed by atoms with van der Waals surface area (Å²) in [6, 6.07) is 9.88. The Morgan fingerprint density at radius 3 is 2.14 bits per heavy atom. The summed E-state index contributed by atoms with van der Waals surface area (Å²) in [5.74, 6) is -2.62. The quantitative estimate of drug-likeness (QED) is 0.545. The Balaban J connectivity index is 2.80. The predicted octanol–water partition coefficient (Wildman–Crippen LogP) is 3.38. The van der Waals surface area contributed by atoms with Crippen molar-refractivity contribution in [2.75, 3.05) is 12.9 Å². The van der Waals surface area contributed by atoms with Crippen LogP contribution >= 0.6 is 0 Å². The molecule has 29 heavy (non-hydrogen) atoms. The fourth-order valence-electron chi connectivity index (χ4n) is 2.76. The van der Waals surface area contributed by atoms with Gasteiger partial charge in [-0.15, -0.1) is 0 Å². The highest BCUT2D eigenvalue weighted by Gasteiger charge is 2.23. The molecule has 0 bridgehead atoms. The van der Waals surface area contributed by atoms with Gasteiger partial charge in [0.1, 0.15) is 5.82 Å². The van der Waals surface area contributed by atoms with Crippen LogP contribution in [-0.4, -0.2) is 38.3 Å². The fraction of sp³-hybridized carbons (Fsp3) is 0.238. The summed E-state index contributed by atoms with van der Waals surface area (Å²) >= 11 is 0. The number of halogens is 1. The summed E-state index contributed by atoms with van der Waals surface area (Å²) < 4.78 is 42.7. The van der Waals surface area contributed by atoms with Gasteiger partial charge >= 0.3 is 11.9 Å². The zero-order chi connectivity index (χ0) is 21.8. The Labute approximate surface area is 168 Å². The Bertz CT molecular complexity index is 1070. The van der Waals surface area contributed by atoms with Crippen LogP contribution in [0.4, 0.5) is 4.39 Å². The summed E-state index contributed by atoms with van der Waals surface area (Å²) in [5, 5.41) is 9.30. The standard InChI is InChI=1S/C21H21FO6S/c1-4-28-21(25)17(12-19(23)24)20(15-6-5-13(2)18(22)11-15)14-7-9-16(10-8-14)29(3,26)27/h5-11H,4,12H2,1-3H3,(H,23,24)/b20-17-. The molecule has 2 rings (SSSR count). The third kappa shape index (κ3) is 5.51. The second-order valence-corrected chi connectivity index (χ2v) is 8.42. The molecule has 0 aliphatic rings. The van der Waals surface area contributed by atoms with Crippen molar-refractivity contribution in [1.29, 1.82) is 0 Å². The first-order valence-electron chi connectivity index (χ1n) is 8.73. The molecule has 0 radical (unpaired) electrons. The minimum absolute atomic E-state index is 0.0322. The van der Waals surface area contributed by atoms with E-state index in [-0.39, 0.29) is 28.2 Å². The van der Waals surface area contributed by atoms with Gasteiger partial charge < -0.3 is 9.84 Å². The third-order valence-corrected chi connectivity index (χ3v) is 5.31. The second kappa shape index (κ2) is 9.00. The van der Waals surface area contributed by atoms with Gasteiger partial charge in [-0.25, -0.2) is 17.6 Å². The molecular weight excluding hydrogens is 399 g/mol. The maximum Gasteiger partial charge on any atom is 0.335 e. The van der Waals surface area contributed by atoms with E-state index in [0.29, 0.717) is 11.1 Å². The van der Waals surface area contributed by atoms with Gasteiger partial charge in [-0.2, -0.15) is 0 Å². The number of benzene rings is 2. The normalized spacial score (nSPS) is 12.3. The first-order valence-corrected chi connectivity index (χ1v) is 10.6. The van der Waals surface area contributed by atoms with Crippen LogP contribution < -0.4 is 0 Å². The Morgan fingerprint density at radius 2 is 1.66 bits per heavy atom. The van der Waals surface area contributed by atoms with Crippen molar-refractivity contribution in [3.63, 3.8) is 0 Å². The molecule has 0 unspecified atom stereocenters. The van der Waals surface area contributed by atoms with Crippen LogP contribution in [0.25, 0.3) is 5.57 Å². The zero-order valence-electron chi connectivity index (χ0n) is 16.2. The molecular formula is C21H21FO6S. The first kappa shape index (κ1) is 22.3. The predicted molar refractivity (Wildman–Crippen MR) is 106 cm³/mol.